The standard InChI is InChI=1S/C12H12N8O/c1-20-18-12(17-19-20)15-11(21)9-6-7-4-2-3-5-8(7)10(14-9)16-13/h2-6H,13H2,1H3,(H,14,16)(H,15,18,21). The van der Waals surface area contributed by atoms with Gasteiger partial charge in [0.1, 0.15) is 11.5 Å². The van der Waals surface area contributed by atoms with Crippen molar-refractivity contribution in [2.75, 3.05) is 10.7 Å². The molecule has 2 heterocycles. The molecule has 0 aliphatic carbocycles. The Hall–Kier alpha value is -3.07. The number of carbonyl (C=O) groups is 1. The fourth-order valence-corrected chi connectivity index (χ4v) is 1.92. The van der Waals surface area contributed by atoms with E-state index in [-0.39, 0.29) is 11.6 Å². The molecule has 0 fully saturated rings. The maximum atomic E-state index is 12.2. The molecule has 0 saturated carbocycles. The van der Waals surface area contributed by atoms with Gasteiger partial charge < -0.3 is 5.43 Å². The minimum absolute atomic E-state index is 0.111. The summed E-state index contributed by atoms with van der Waals surface area (Å²) >= 11 is 0. The zero-order valence-electron chi connectivity index (χ0n) is 11.1. The van der Waals surface area contributed by atoms with Gasteiger partial charge in [-0.2, -0.15) is 4.80 Å². The fraction of sp³-hybridized carbons (Fsp3) is 0.0833. The summed E-state index contributed by atoms with van der Waals surface area (Å²) < 4.78 is 0. The number of fused-ring (bicyclic) bond motifs is 1. The predicted molar refractivity (Wildman–Crippen MR) is 76.3 cm³/mol. The summed E-state index contributed by atoms with van der Waals surface area (Å²) in [6.07, 6.45) is 0. The molecular formula is C12H12N8O. The number of anilines is 2. The van der Waals surface area contributed by atoms with Crippen LogP contribution < -0.4 is 16.6 Å². The first-order valence-corrected chi connectivity index (χ1v) is 6.09. The summed E-state index contributed by atoms with van der Waals surface area (Å²) in [5, 5.41) is 15.4. The number of rotatable bonds is 3. The fourth-order valence-electron chi connectivity index (χ4n) is 1.92. The zero-order valence-corrected chi connectivity index (χ0v) is 11.1. The normalized spacial score (nSPS) is 10.6. The first-order valence-electron chi connectivity index (χ1n) is 6.09. The Labute approximate surface area is 119 Å². The highest BCUT2D eigenvalue weighted by Gasteiger charge is 2.13. The molecule has 0 bridgehead atoms. The summed E-state index contributed by atoms with van der Waals surface area (Å²) in [5.41, 5.74) is 2.70. The molecule has 0 aliphatic heterocycles. The minimum Gasteiger partial charge on any atom is -0.308 e. The Morgan fingerprint density at radius 2 is 2.14 bits per heavy atom. The Balaban J connectivity index is 1.98. The van der Waals surface area contributed by atoms with Crippen molar-refractivity contribution >= 4 is 28.4 Å². The van der Waals surface area contributed by atoms with Gasteiger partial charge in [-0.1, -0.05) is 29.4 Å². The van der Waals surface area contributed by atoms with Crippen molar-refractivity contribution < 1.29 is 4.79 Å². The zero-order chi connectivity index (χ0) is 14.8. The Morgan fingerprint density at radius 1 is 1.33 bits per heavy atom. The molecule has 9 nitrogen and oxygen atoms in total. The van der Waals surface area contributed by atoms with E-state index in [2.05, 4.69) is 31.1 Å². The lowest BCUT2D eigenvalue weighted by molar-refractivity contribution is 0.102. The lowest BCUT2D eigenvalue weighted by Gasteiger charge is -2.07. The Morgan fingerprint density at radius 3 is 2.86 bits per heavy atom. The highest BCUT2D eigenvalue weighted by atomic mass is 16.2. The van der Waals surface area contributed by atoms with Crippen LogP contribution in [0.25, 0.3) is 10.8 Å². The van der Waals surface area contributed by atoms with E-state index in [0.29, 0.717) is 5.82 Å². The second kappa shape index (κ2) is 5.13. The molecule has 0 spiro atoms. The van der Waals surface area contributed by atoms with Gasteiger partial charge in [0.2, 0.25) is 0 Å². The molecule has 21 heavy (non-hydrogen) atoms. The number of tetrazole rings is 1. The summed E-state index contributed by atoms with van der Waals surface area (Å²) in [4.78, 5) is 17.6. The average molecular weight is 284 g/mol. The van der Waals surface area contributed by atoms with Crippen LogP contribution in [0.4, 0.5) is 11.8 Å². The molecule has 0 saturated heterocycles. The molecule has 1 amide bonds. The number of nitrogens with one attached hydrogen (secondary N) is 2. The van der Waals surface area contributed by atoms with Crippen molar-refractivity contribution in [3.63, 3.8) is 0 Å². The average Bonchev–Trinajstić information content (AvgIpc) is 2.91. The number of carbonyl (C=O) groups excluding carboxylic acids is 1. The van der Waals surface area contributed by atoms with Crippen molar-refractivity contribution in [2.45, 2.75) is 0 Å². The van der Waals surface area contributed by atoms with Crippen LogP contribution >= 0.6 is 0 Å². The van der Waals surface area contributed by atoms with Crippen molar-refractivity contribution in [3.8, 4) is 0 Å². The van der Waals surface area contributed by atoms with Gasteiger partial charge in [-0.3, -0.25) is 10.1 Å². The second-order valence-corrected chi connectivity index (χ2v) is 4.28. The van der Waals surface area contributed by atoms with Crippen molar-refractivity contribution in [1.29, 1.82) is 0 Å². The number of nitrogens with zero attached hydrogens (tertiary/aromatic N) is 5. The number of aryl methyl sites for hydroxylation is 1. The third-order valence-electron chi connectivity index (χ3n) is 2.84. The third kappa shape index (κ3) is 2.49. The molecule has 0 atom stereocenters. The van der Waals surface area contributed by atoms with Gasteiger partial charge in [0, 0.05) is 5.39 Å². The van der Waals surface area contributed by atoms with Crippen LogP contribution in [0, 0.1) is 0 Å². The maximum Gasteiger partial charge on any atom is 0.276 e. The number of hydrogen-bond donors (Lipinski definition) is 3. The number of amides is 1. The SMILES string of the molecule is Cn1nnc(NC(=O)c2cc3ccccc3c(NN)n2)n1. The first-order chi connectivity index (χ1) is 10.2. The molecule has 0 unspecified atom stereocenters. The molecule has 106 valence electrons. The maximum absolute atomic E-state index is 12.2. The van der Waals surface area contributed by atoms with Crippen molar-refractivity contribution in [3.05, 3.63) is 36.0 Å². The molecule has 3 rings (SSSR count). The number of hydrogen-bond acceptors (Lipinski definition) is 7. The molecule has 1 aromatic carbocycles. The summed E-state index contributed by atoms with van der Waals surface area (Å²) in [5.74, 6) is 5.55. The third-order valence-corrected chi connectivity index (χ3v) is 2.84. The highest BCUT2D eigenvalue weighted by molar-refractivity contribution is 6.05. The van der Waals surface area contributed by atoms with E-state index in [4.69, 9.17) is 5.84 Å². The smallest absolute Gasteiger partial charge is 0.276 e. The number of pyridine rings is 1. The Bertz CT molecular complexity index is 812. The molecule has 0 radical (unpaired) electrons. The van der Waals surface area contributed by atoms with Crippen molar-refractivity contribution in [1.82, 2.24) is 25.2 Å². The predicted octanol–water partition coefficient (Wildman–Crippen LogP) is 0.296. The molecule has 4 N–H and O–H groups in total. The van der Waals surface area contributed by atoms with E-state index in [1.54, 1.807) is 13.1 Å². The molecule has 9 heteroatoms. The van der Waals surface area contributed by atoms with Gasteiger partial charge >= 0.3 is 0 Å². The van der Waals surface area contributed by atoms with Gasteiger partial charge in [-0.15, -0.1) is 5.10 Å². The van der Waals surface area contributed by atoms with E-state index < -0.39 is 5.91 Å². The molecule has 0 aliphatic rings. The molecule has 2 aromatic heterocycles. The Kier molecular flexibility index (Phi) is 3.16. The number of aromatic nitrogens is 5. The molecular weight excluding hydrogens is 272 g/mol. The van der Waals surface area contributed by atoms with Gasteiger partial charge in [0.15, 0.2) is 0 Å². The van der Waals surface area contributed by atoms with Crippen molar-refractivity contribution in [2.24, 2.45) is 12.9 Å². The van der Waals surface area contributed by atoms with Gasteiger partial charge in [0.25, 0.3) is 11.9 Å². The lowest BCUT2D eigenvalue weighted by Crippen LogP contribution is -2.17. The monoisotopic (exact) mass is 284 g/mol. The van der Waals surface area contributed by atoms with Crippen LogP contribution in [-0.4, -0.2) is 31.1 Å². The van der Waals surface area contributed by atoms with Crippen LogP contribution in [0.15, 0.2) is 30.3 Å². The lowest BCUT2D eigenvalue weighted by atomic mass is 10.1. The van der Waals surface area contributed by atoms with E-state index >= 15 is 0 Å². The van der Waals surface area contributed by atoms with Crippen LogP contribution in [0.5, 0.6) is 0 Å². The van der Waals surface area contributed by atoms with Crippen LogP contribution in [-0.2, 0) is 7.05 Å². The van der Waals surface area contributed by atoms with Gasteiger partial charge in [-0.05, 0) is 16.7 Å². The van der Waals surface area contributed by atoms with Gasteiger partial charge in [-0.25, -0.2) is 10.8 Å². The second-order valence-electron chi connectivity index (χ2n) is 4.28. The van der Waals surface area contributed by atoms with Crippen LogP contribution in [0.2, 0.25) is 0 Å². The molecule has 3 aromatic rings. The topological polar surface area (TPSA) is 124 Å². The quantitative estimate of drug-likeness (QED) is 0.466. The number of hydrazine groups is 1. The summed E-state index contributed by atoms with van der Waals surface area (Å²) in [6, 6.07) is 9.14. The van der Waals surface area contributed by atoms with Crippen LogP contribution in [0.1, 0.15) is 10.5 Å². The summed E-state index contributed by atoms with van der Waals surface area (Å²) in [6.45, 7) is 0. The van der Waals surface area contributed by atoms with Crippen LogP contribution in [0.3, 0.4) is 0 Å². The highest BCUT2D eigenvalue weighted by Crippen LogP contribution is 2.22. The number of nitrogens with two attached hydrogens (primary N) is 1. The van der Waals surface area contributed by atoms with E-state index in [0.717, 1.165) is 10.8 Å². The first kappa shape index (κ1) is 12.9. The largest absolute Gasteiger partial charge is 0.308 e. The van der Waals surface area contributed by atoms with E-state index in [1.807, 2.05) is 24.3 Å². The summed E-state index contributed by atoms with van der Waals surface area (Å²) in [7, 11) is 1.60. The van der Waals surface area contributed by atoms with E-state index in [9.17, 15) is 4.79 Å². The van der Waals surface area contributed by atoms with E-state index in [1.165, 1.54) is 4.80 Å². The number of benzene rings is 1. The van der Waals surface area contributed by atoms with Gasteiger partial charge in [0.05, 0.1) is 7.05 Å². The minimum atomic E-state index is -0.440. The number of nitrogen functional groups attached to an aromatic ring is 1.